The lowest BCUT2D eigenvalue weighted by Gasteiger charge is -2.11. The van der Waals surface area contributed by atoms with Gasteiger partial charge in [0.1, 0.15) is 11.4 Å². The van der Waals surface area contributed by atoms with Crippen LogP contribution in [0.3, 0.4) is 0 Å². The molecule has 0 aliphatic heterocycles. The number of aromatic nitrogens is 2. The van der Waals surface area contributed by atoms with E-state index in [1.165, 1.54) is 0 Å². The highest BCUT2D eigenvalue weighted by molar-refractivity contribution is 5.41. The summed E-state index contributed by atoms with van der Waals surface area (Å²) in [5.41, 5.74) is 1.44. The molecule has 96 valence electrons. The molecule has 6 nitrogen and oxygen atoms in total. The summed E-state index contributed by atoms with van der Waals surface area (Å²) in [7, 11) is 1.76. The minimum atomic E-state index is -0.320. The summed E-state index contributed by atoms with van der Waals surface area (Å²) >= 11 is 0. The van der Waals surface area contributed by atoms with E-state index in [4.69, 9.17) is 0 Å². The van der Waals surface area contributed by atoms with E-state index in [0.29, 0.717) is 24.2 Å². The Morgan fingerprint density at radius 1 is 1.53 bits per heavy atom. The lowest BCUT2D eigenvalue weighted by atomic mass is 10.1. The molecule has 0 amide bonds. The zero-order valence-electron chi connectivity index (χ0n) is 10.9. The summed E-state index contributed by atoms with van der Waals surface area (Å²) in [4.78, 5) is 10.8. The smallest absolute Gasteiger partial charge is 0.313 e. The van der Waals surface area contributed by atoms with Gasteiger partial charge in [-0.2, -0.15) is 5.10 Å². The molecule has 1 heterocycles. The average Bonchev–Trinajstić information content (AvgIpc) is 2.56. The Kier molecular flexibility index (Phi) is 4.62. The molecule has 0 saturated carbocycles. The normalized spacial score (nSPS) is 12.7. The van der Waals surface area contributed by atoms with Gasteiger partial charge in [-0.3, -0.25) is 14.8 Å². The van der Waals surface area contributed by atoms with E-state index in [-0.39, 0.29) is 16.7 Å². The Hall–Kier alpha value is -1.43. The van der Waals surface area contributed by atoms with E-state index in [0.717, 1.165) is 6.54 Å². The van der Waals surface area contributed by atoms with Crippen molar-refractivity contribution in [3.05, 3.63) is 21.5 Å². The van der Waals surface area contributed by atoms with Gasteiger partial charge in [-0.1, -0.05) is 13.8 Å². The summed E-state index contributed by atoms with van der Waals surface area (Å²) in [5, 5.41) is 18.5. The highest BCUT2D eigenvalue weighted by Crippen LogP contribution is 2.24. The second-order valence-corrected chi connectivity index (χ2v) is 4.14. The molecule has 1 atom stereocenters. The van der Waals surface area contributed by atoms with E-state index in [9.17, 15) is 10.1 Å². The summed E-state index contributed by atoms with van der Waals surface area (Å²) < 4.78 is 1.63. The summed E-state index contributed by atoms with van der Waals surface area (Å²) in [6.45, 7) is 6.78. The van der Waals surface area contributed by atoms with Crippen LogP contribution in [0.4, 0.5) is 5.69 Å². The summed E-state index contributed by atoms with van der Waals surface area (Å²) in [6.07, 6.45) is 1.20. The maximum absolute atomic E-state index is 11.1. The number of nitrogens with zero attached hydrogens (tertiary/aromatic N) is 3. The Morgan fingerprint density at radius 2 is 2.18 bits per heavy atom. The fourth-order valence-electron chi connectivity index (χ4n) is 2.00. The van der Waals surface area contributed by atoms with Crippen LogP contribution < -0.4 is 5.32 Å². The number of hydrogen-bond donors (Lipinski definition) is 1. The quantitative estimate of drug-likeness (QED) is 0.603. The fraction of sp³-hybridized carbons (Fsp3) is 0.727. The number of aryl methyl sites for hydroxylation is 2. The third-order valence-electron chi connectivity index (χ3n) is 2.78. The molecule has 1 rings (SSSR count). The van der Waals surface area contributed by atoms with Crippen molar-refractivity contribution in [2.75, 3.05) is 6.54 Å². The average molecular weight is 240 g/mol. The van der Waals surface area contributed by atoms with Gasteiger partial charge in [-0.05, 0) is 19.9 Å². The van der Waals surface area contributed by atoms with Gasteiger partial charge >= 0.3 is 5.69 Å². The zero-order valence-corrected chi connectivity index (χ0v) is 10.9. The zero-order chi connectivity index (χ0) is 13.0. The van der Waals surface area contributed by atoms with E-state index in [1.54, 1.807) is 11.7 Å². The highest BCUT2D eigenvalue weighted by atomic mass is 16.6. The molecule has 1 aromatic rings. The highest BCUT2D eigenvalue weighted by Gasteiger charge is 2.26. The molecule has 0 saturated heterocycles. The molecule has 0 bridgehead atoms. The molecular weight excluding hydrogens is 220 g/mol. The lowest BCUT2D eigenvalue weighted by Crippen LogP contribution is -2.28. The molecular formula is C11H20N4O2. The maximum Gasteiger partial charge on any atom is 0.313 e. The largest absolute Gasteiger partial charge is 0.314 e. The van der Waals surface area contributed by atoms with Crippen molar-refractivity contribution in [2.24, 2.45) is 7.05 Å². The fourth-order valence-corrected chi connectivity index (χ4v) is 2.00. The van der Waals surface area contributed by atoms with Crippen LogP contribution in [0.1, 0.15) is 32.2 Å². The van der Waals surface area contributed by atoms with Crippen LogP contribution in [0.25, 0.3) is 0 Å². The number of nitrogens with one attached hydrogen (secondary N) is 1. The Balaban J connectivity index is 3.04. The van der Waals surface area contributed by atoms with Crippen LogP contribution in [0.15, 0.2) is 0 Å². The first-order valence-electron chi connectivity index (χ1n) is 5.93. The van der Waals surface area contributed by atoms with E-state index >= 15 is 0 Å². The SMILES string of the molecule is CCNC(C)Cc1c([N+](=O)[O-])c(CC)nn1C. The van der Waals surface area contributed by atoms with Crippen molar-refractivity contribution in [1.82, 2.24) is 15.1 Å². The molecule has 1 unspecified atom stereocenters. The van der Waals surface area contributed by atoms with E-state index in [1.807, 2.05) is 20.8 Å². The molecule has 0 aliphatic carbocycles. The molecule has 6 heteroatoms. The lowest BCUT2D eigenvalue weighted by molar-refractivity contribution is -0.386. The molecule has 0 fully saturated rings. The minimum absolute atomic E-state index is 0.180. The van der Waals surface area contributed by atoms with Crippen molar-refractivity contribution in [3.8, 4) is 0 Å². The molecule has 1 aromatic heterocycles. The standard InChI is InChI=1S/C11H20N4O2/c1-5-9-11(15(16)17)10(14(4)13-9)7-8(3)12-6-2/h8,12H,5-7H2,1-4H3. The monoisotopic (exact) mass is 240 g/mol. The van der Waals surface area contributed by atoms with Crippen LogP contribution in [-0.2, 0) is 19.9 Å². The van der Waals surface area contributed by atoms with Crippen LogP contribution >= 0.6 is 0 Å². The van der Waals surface area contributed by atoms with Gasteiger partial charge < -0.3 is 5.32 Å². The van der Waals surface area contributed by atoms with Crippen molar-refractivity contribution in [2.45, 2.75) is 39.7 Å². The van der Waals surface area contributed by atoms with Gasteiger partial charge in [-0.15, -0.1) is 0 Å². The molecule has 0 aliphatic rings. The van der Waals surface area contributed by atoms with Crippen molar-refractivity contribution < 1.29 is 4.92 Å². The maximum atomic E-state index is 11.1. The molecule has 0 radical (unpaired) electrons. The Labute approximate surface area is 101 Å². The first-order valence-corrected chi connectivity index (χ1v) is 5.93. The molecule has 0 spiro atoms. The van der Waals surface area contributed by atoms with Gasteiger partial charge in [0.25, 0.3) is 0 Å². The molecule has 0 aromatic carbocycles. The van der Waals surface area contributed by atoms with Gasteiger partial charge in [0.05, 0.1) is 4.92 Å². The van der Waals surface area contributed by atoms with Crippen LogP contribution in [0, 0.1) is 10.1 Å². The van der Waals surface area contributed by atoms with Crippen LogP contribution in [0.5, 0.6) is 0 Å². The van der Waals surface area contributed by atoms with Gasteiger partial charge in [0, 0.05) is 19.5 Å². The number of rotatable bonds is 6. The predicted octanol–water partition coefficient (Wildman–Crippen LogP) is 1.43. The number of hydrogen-bond acceptors (Lipinski definition) is 4. The predicted molar refractivity (Wildman–Crippen MR) is 66.1 cm³/mol. The Morgan fingerprint density at radius 3 is 2.65 bits per heavy atom. The second kappa shape index (κ2) is 5.77. The van der Waals surface area contributed by atoms with E-state index in [2.05, 4.69) is 10.4 Å². The number of likely N-dealkylation sites (N-methyl/N-ethyl adjacent to an activating group) is 1. The third-order valence-corrected chi connectivity index (χ3v) is 2.78. The van der Waals surface area contributed by atoms with Crippen LogP contribution in [-0.4, -0.2) is 27.3 Å². The van der Waals surface area contributed by atoms with Crippen molar-refractivity contribution >= 4 is 5.69 Å². The Bertz CT molecular complexity index is 400. The first kappa shape index (κ1) is 13.6. The number of nitro groups is 1. The molecule has 1 N–H and O–H groups in total. The van der Waals surface area contributed by atoms with Crippen molar-refractivity contribution in [1.29, 1.82) is 0 Å². The first-order chi connectivity index (χ1) is 8.01. The summed E-state index contributed by atoms with van der Waals surface area (Å²) in [6, 6.07) is 0.207. The molecule has 17 heavy (non-hydrogen) atoms. The minimum Gasteiger partial charge on any atom is -0.314 e. The van der Waals surface area contributed by atoms with Crippen LogP contribution in [0.2, 0.25) is 0 Å². The van der Waals surface area contributed by atoms with Gasteiger partial charge in [0.2, 0.25) is 0 Å². The summed E-state index contributed by atoms with van der Waals surface area (Å²) in [5.74, 6) is 0. The van der Waals surface area contributed by atoms with Gasteiger partial charge in [0.15, 0.2) is 0 Å². The topological polar surface area (TPSA) is 73.0 Å². The van der Waals surface area contributed by atoms with Crippen molar-refractivity contribution in [3.63, 3.8) is 0 Å². The third kappa shape index (κ3) is 3.03. The second-order valence-electron chi connectivity index (χ2n) is 4.14. The van der Waals surface area contributed by atoms with E-state index < -0.39 is 0 Å². The van der Waals surface area contributed by atoms with Gasteiger partial charge in [-0.25, -0.2) is 0 Å².